The van der Waals surface area contributed by atoms with Gasteiger partial charge in [-0.25, -0.2) is 0 Å². The molecule has 5 nitrogen and oxygen atoms in total. The van der Waals surface area contributed by atoms with Crippen molar-refractivity contribution in [3.05, 3.63) is 97.2 Å². The van der Waals surface area contributed by atoms with Crippen LogP contribution >= 0.6 is 0 Å². The molecule has 0 fully saturated rings. The van der Waals surface area contributed by atoms with E-state index in [0.717, 1.165) is 109 Å². The van der Waals surface area contributed by atoms with E-state index in [-0.39, 0.29) is 25.2 Å². The van der Waals surface area contributed by atoms with Crippen LogP contribution in [0.4, 0.5) is 0 Å². The average molecular weight is 833 g/mol. The minimum Gasteiger partial charge on any atom is -0.462 e. The molecule has 0 aromatic carbocycles. The summed E-state index contributed by atoms with van der Waals surface area (Å²) in [7, 11) is 0. The molecule has 0 bridgehead atoms. The Bertz CT molecular complexity index is 1170. The molecule has 0 heterocycles. The molecule has 60 heavy (non-hydrogen) atoms. The standard InChI is InChI=1S/C55H92O5/c1-4-7-10-13-16-19-21-23-25-26-27-28-29-31-33-35-38-41-44-47-50-58-51-53(60-55(57)49-46-43-40-36-18-15-12-9-6-3)52-59-54(56)48-45-42-39-37-34-32-30-24-22-20-17-14-11-8-5-2/h7-8,10-11,16-17,19-20,23-25,27-28,30,34,37,53H,4-6,9,12-15,18,21-22,26,29,31-33,35-36,38-52H2,1-3H3/b10-7-,11-8-,19-16-,20-17-,25-23-,28-27-,30-24-,37-34-. The number of hydrogen-bond donors (Lipinski definition) is 0. The first-order chi connectivity index (χ1) is 29.6. The zero-order valence-corrected chi connectivity index (χ0v) is 39.2. The summed E-state index contributed by atoms with van der Waals surface area (Å²) in [5, 5.41) is 0. The van der Waals surface area contributed by atoms with Gasteiger partial charge in [0.1, 0.15) is 6.61 Å². The Balaban J connectivity index is 4.28. The smallest absolute Gasteiger partial charge is 0.306 e. The van der Waals surface area contributed by atoms with Gasteiger partial charge in [0.15, 0.2) is 6.10 Å². The molecule has 1 atom stereocenters. The van der Waals surface area contributed by atoms with E-state index >= 15 is 0 Å². The molecule has 0 aromatic rings. The third-order valence-electron chi connectivity index (χ3n) is 10.1. The van der Waals surface area contributed by atoms with Crippen LogP contribution in [0.25, 0.3) is 0 Å². The Labute approximate surface area is 371 Å². The molecule has 1 unspecified atom stereocenters. The largest absolute Gasteiger partial charge is 0.462 e. The highest BCUT2D eigenvalue weighted by Gasteiger charge is 2.17. The fourth-order valence-corrected chi connectivity index (χ4v) is 6.49. The van der Waals surface area contributed by atoms with Gasteiger partial charge < -0.3 is 14.2 Å². The molecule has 0 radical (unpaired) electrons. The first kappa shape index (κ1) is 56.8. The van der Waals surface area contributed by atoms with E-state index in [9.17, 15) is 9.59 Å². The van der Waals surface area contributed by atoms with Crippen LogP contribution in [-0.4, -0.2) is 37.9 Å². The normalized spacial score (nSPS) is 13.1. The van der Waals surface area contributed by atoms with Gasteiger partial charge in [-0.15, -0.1) is 0 Å². The third kappa shape index (κ3) is 47.5. The highest BCUT2D eigenvalue weighted by molar-refractivity contribution is 5.70. The van der Waals surface area contributed by atoms with Crippen molar-refractivity contribution in [2.24, 2.45) is 0 Å². The second-order valence-corrected chi connectivity index (χ2v) is 16.0. The van der Waals surface area contributed by atoms with Gasteiger partial charge in [-0.3, -0.25) is 9.59 Å². The van der Waals surface area contributed by atoms with Crippen molar-refractivity contribution in [1.29, 1.82) is 0 Å². The summed E-state index contributed by atoms with van der Waals surface area (Å²) >= 11 is 0. The summed E-state index contributed by atoms with van der Waals surface area (Å²) < 4.78 is 17.3. The van der Waals surface area contributed by atoms with Gasteiger partial charge >= 0.3 is 11.9 Å². The van der Waals surface area contributed by atoms with Gasteiger partial charge in [-0.05, 0) is 96.3 Å². The Morgan fingerprint density at radius 3 is 1.23 bits per heavy atom. The number of carbonyl (C=O) groups is 2. The molecule has 0 aromatic heterocycles. The van der Waals surface area contributed by atoms with Crippen molar-refractivity contribution in [3.8, 4) is 0 Å². The minimum absolute atomic E-state index is 0.0557. The second kappa shape index (κ2) is 50.2. The number of esters is 2. The van der Waals surface area contributed by atoms with Crippen LogP contribution in [0.1, 0.15) is 213 Å². The van der Waals surface area contributed by atoms with Gasteiger partial charge in [0.25, 0.3) is 0 Å². The van der Waals surface area contributed by atoms with E-state index < -0.39 is 6.10 Å². The maximum Gasteiger partial charge on any atom is 0.306 e. The average Bonchev–Trinajstić information content (AvgIpc) is 3.25. The summed E-state index contributed by atoms with van der Waals surface area (Å²) in [6.45, 7) is 7.51. The fourth-order valence-electron chi connectivity index (χ4n) is 6.49. The van der Waals surface area contributed by atoms with Crippen molar-refractivity contribution in [2.75, 3.05) is 19.8 Å². The number of ether oxygens (including phenoxy) is 3. The van der Waals surface area contributed by atoms with Gasteiger partial charge in [0.2, 0.25) is 0 Å². The second-order valence-electron chi connectivity index (χ2n) is 16.0. The highest BCUT2D eigenvalue weighted by Crippen LogP contribution is 2.13. The van der Waals surface area contributed by atoms with E-state index in [1.165, 1.54) is 70.6 Å². The number of rotatable bonds is 44. The van der Waals surface area contributed by atoms with Crippen LogP contribution in [0.15, 0.2) is 97.2 Å². The lowest BCUT2D eigenvalue weighted by molar-refractivity contribution is -0.163. The number of unbranched alkanes of at least 4 members (excludes halogenated alkanes) is 17. The van der Waals surface area contributed by atoms with E-state index in [2.05, 4.69) is 118 Å². The van der Waals surface area contributed by atoms with Crippen LogP contribution in [0.3, 0.4) is 0 Å². The molecule has 0 saturated carbocycles. The number of carbonyl (C=O) groups excluding carboxylic acids is 2. The highest BCUT2D eigenvalue weighted by atomic mass is 16.6. The van der Waals surface area contributed by atoms with E-state index in [1.807, 2.05) is 0 Å². The quantitative estimate of drug-likeness (QED) is 0.0348. The lowest BCUT2D eigenvalue weighted by Gasteiger charge is -2.18. The summed E-state index contributed by atoms with van der Waals surface area (Å²) in [4.78, 5) is 25.3. The molecule has 0 aliphatic rings. The molecule has 0 spiro atoms. The fraction of sp³-hybridized carbons (Fsp3) is 0.673. The van der Waals surface area contributed by atoms with Crippen LogP contribution in [0, 0.1) is 0 Å². The monoisotopic (exact) mass is 833 g/mol. The molecule has 0 aliphatic carbocycles. The molecule has 0 rings (SSSR count). The molecular weight excluding hydrogens is 741 g/mol. The Hall–Kier alpha value is -3.18. The summed E-state index contributed by atoms with van der Waals surface area (Å²) in [6.07, 6.45) is 67.1. The predicted molar refractivity (Wildman–Crippen MR) is 260 cm³/mol. The van der Waals surface area contributed by atoms with Crippen LogP contribution in [0.2, 0.25) is 0 Å². The van der Waals surface area contributed by atoms with Gasteiger partial charge in [0, 0.05) is 19.4 Å². The van der Waals surface area contributed by atoms with Crippen LogP contribution < -0.4 is 0 Å². The molecular formula is C55H92O5. The van der Waals surface area contributed by atoms with Crippen molar-refractivity contribution in [1.82, 2.24) is 0 Å². The van der Waals surface area contributed by atoms with E-state index in [0.29, 0.717) is 19.4 Å². The lowest BCUT2D eigenvalue weighted by Crippen LogP contribution is -2.30. The van der Waals surface area contributed by atoms with Crippen molar-refractivity contribution in [2.45, 2.75) is 219 Å². The van der Waals surface area contributed by atoms with Gasteiger partial charge in [-0.1, -0.05) is 201 Å². The first-order valence-corrected chi connectivity index (χ1v) is 24.8. The first-order valence-electron chi connectivity index (χ1n) is 24.8. The molecule has 0 saturated heterocycles. The maximum atomic E-state index is 12.7. The zero-order chi connectivity index (χ0) is 43.5. The third-order valence-corrected chi connectivity index (χ3v) is 10.1. The van der Waals surface area contributed by atoms with Gasteiger partial charge in [0.05, 0.1) is 6.61 Å². The zero-order valence-electron chi connectivity index (χ0n) is 39.2. The lowest BCUT2D eigenvalue weighted by atomic mass is 10.1. The maximum absolute atomic E-state index is 12.7. The number of allylic oxidation sites excluding steroid dienone is 16. The molecule has 0 N–H and O–H groups in total. The SMILES string of the molecule is CC/C=C\C/C=C\C/C=C\C/C=C\CCCCCCCCCOCC(COC(=O)CCCC/C=C\C/C=C\C/C=C\C/C=C\CC)OC(=O)CCCCCCCCCCC. The topological polar surface area (TPSA) is 61.8 Å². The molecule has 342 valence electrons. The van der Waals surface area contributed by atoms with Crippen molar-refractivity contribution < 1.29 is 23.8 Å². The Kier molecular flexibility index (Phi) is 47.5. The molecule has 0 aliphatic heterocycles. The van der Waals surface area contributed by atoms with Gasteiger partial charge in [-0.2, -0.15) is 0 Å². The molecule has 0 amide bonds. The minimum atomic E-state index is -0.561. The Morgan fingerprint density at radius 1 is 0.383 bits per heavy atom. The van der Waals surface area contributed by atoms with E-state index in [1.54, 1.807) is 0 Å². The number of hydrogen-bond acceptors (Lipinski definition) is 5. The predicted octanol–water partition coefficient (Wildman–Crippen LogP) is 16.7. The van der Waals surface area contributed by atoms with Crippen LogP contribution in [0.5, 0.6) is 0 Å². The van der Waals surface area contributed by atoms with E-state index in [4.69, 9.17) is 14.2 Å². The van der Waals surface area contributed by atoms with Crippen LogP contribution in [-0.2, 0) is 23.8 Å². The molecule has 5 heteroatoms. The summed E-state index contributed by atoms with van der Waals surface area (Å²) in [5.41, 5.74) is 0. The van der Waals surface area contributed by atoms with Crippen molar-refractivity contribution >= 4 is 11.9 Å². The summed E-state index contributed by atoms with van der Waals surface area (Å²) in [6, 6.07) is 0. The Morgan fingerprint density at radius 2 is 0.750 bits per heavy atom. The summed E-state index contributed by atoms with van der Waals surface area (Å²) in [5.74, 6) is -0.457. The van der Waals surface area contributed by atoms with Crippen molar-refractivity contribution in [3.63, 3.8) is 0 Å².